The maximum Gasteiger partial charge on any atom is 0.419 e. The fourth-order valence-corrected chi connectivity index (χ4v) is 3.76. The number of anilines is 1. The molecule has 0 aliphatic heterocycles. The van der Waals surface area contributed by atoms with Gasteiger partial charge in [-0.3, -0.25) is 9.40 Å². The smallest absolute Gasteiger partial charge is 0.299 e. The summed E-state index contributed by atoms with van der Waals surface area (Å²) in [6.45, 7) is 1.89. The van der Waals surface area contributed by atoms with Crippen LogP contribution < -0.4 is 4.72 Å². The molecule has 7 nitrogen and oxygen atoms in total. The molecule has 0 aliphatic rings. The van der Waals surface area contributed by atoms with Gasteiger partial charge in [0.05, 0.1) is 34.1 Å². The van der Waals surface area contributed by atoms with E-state index in [1.165, 1.54) is 18.3 Å². The number of benzene rings is 1. The average Bonchev–Trinajstić information content (AvgIpc) is 3.32. The van der Waals surface area contributed by atoms with E-state index in [1.54, 1.807) is 17.9 Å². The second-order valence-corrected chi connectivity index (χ2v) is 7.57. The van der Waals surface area contributed by atoms with Crippen LogP contribution in [0.4, 0.5) is 18.9 Å². The van der Waals surface area contributed by atoms with Gasteiger partial charge in [-0.05, 0) is 24.6 Å². The lowest BCUT2D eigenvalue weighted by atomic mass is 10.1. The molecule has 0 saturated carbocycles. The van der Waals surface area contributed by atoms with Gasteiger partial charge in [0, 0.05) is 24.8 Å². The number of hydrogen-bond acceptors (Lipinski definition) is 4. The number of halogens is 3. The molecule has 0 aliphatic carbocycles. The molecule has 0 amide bonds. The van der Waals surface area contributed by atoms with Crippen molar-refractivity contribution in [3.8, 4) is 5.82 Å². The zero-order chi connectivity index (χ0) is 20.8. The van der Waals surface area contributed by atoms with Crippen LogP contribution in [0.1, 0.15) is 11.1 Å². The Morgan fingerprint density at radius 2 is 1.86 bits per heavy atom. The SMILES string of the molecule is Cc1ccc2cnn(C)c2c1NS(=O)c1ccc(-n2cc(C(F)(F)F)cn2)nc1. The Morgan fingerprint density at radius 3 is 2.52 bits per heavy atom. The lowest BCUT2D eigenvalue weighted by Crippen LogP contribution is -2.09. The molecule has 29 heavy (non-hydrogen) atoms. The predicted octanol–water partition coefficient (Wildman–Crippen LogP) is 3.62. The Bertz CT molecular complexity index is 1210. The molecular weight excluding hydrogens is 405 g/mol. The van der Waals surface area contributed by atoms with Crippen molar-refractivity contribution in [1.82, 2.24) is 24.5 Å². The number of rotatable bonds is 4. The van der Waals surface area contributed by atoms with Crippen molar-refractivity contribution >= 4 is 27.6 Å². The maximum atomic E-state index is 12.8. The lowest BCUT2D eigenvalue weighted by molar-refractivity contribution is -0.137. The first-order chi connectivity index (χ1) is 13.7. The highest BCUT2D eigenvalue weighted by atomic mass is 32.2. The highest BCUT2D eigenvalue weighted by Crippen LogP contribution is 2.29. The number of alkyl halides is 3. The molecule has 0 saturated heterocycles. The van der Waals surface area contributed by atoms with Crippen LogP contribution in [-0.4, -0.2) is 28.8 Å². The number of nitrogens with zero attached hydrogens (tertiary/aromatic N) is 5. The fourth-order valence-electron chi connectivity index (χ4n) is 2.86. The normalized spacial score (nSPS) is 13.0. The molecule has 0 bridgehead atoms. The van der Waals surface area contributed by atoms with E-state index in [-0.39, 0.29) is 5.82 Å². The molecule has 1 unspecified atom stereocenters. The van der Waals surface area contributed by atoms with E-state index < -0.39 is 22.7 Å². The monoisotopic (exact) mass is 420 g/mol. The molecule has 0 spiro atoms. The number of aromatic nitrogens is 5. The highest BCUT2D eigenvalue weighted by Gasteiger charge is 2.32. The Kier molecular flexibility index (Phi) is 4.61. The van der Waals surface area contributed by atoms with E-state index in [0.717, 1.165) is 33.5 Å². The zero-order valence-corrected chi connectivity index (χ0v) is 16.1. The minimum Gasteiger partial charge on any atom is -0.299 e. The third-order valence-electron chi connectivity index (χ3n) is 4.39. The first kappa shape index (κ1) is 19.1. The molecule has 11 heteroatoms. The second kappa shape index (κ2) is 6.99. The van der Waals surface area contributed by atoms with Crippen LogP contribution in [0.2, 0.25) is 0 Å². The summed E-state index contributed by atoms with van der Waals surface area (Å²) in [5.41, 5.74) is 1.54. The van der Waals surface area contributed by atoms with Crippen LogP contribution >= 0.6 is 0 Å². The van der Waals surface area contributed by atoms with Gasteiger partial charge in [-0.25, -0.2) is 13.9 Å². The Balaban J connectivity index is 1.59. The van der Waals surface area contributed by atoms with Gasteiger partial charge < -0.3 is 0 Å². The van der Waals surface area contributed by atoms with E-state index in [4.69, 9.17) is 0 Å². The van der Waals surface area contributed by atoms with Gasteiger partial charge in [-0.2, -0.15) is 23.4 Å². The van der Waals surface area contributed by atoms with Crippen LogP contribution in [0.15, 0.2) is 53.9 Å². The molecule has 1 atom stereocenters. The molecule has 1 N–H and O–H groups in total. The molecular formula is C18H15F3N6OS. The Morgan fingerprint density at radius 1 is 1.07 bits per heavy atom. The molecule has 1 aromatic carbocycles. The van der Waals surface area contributed by atoms with E-state index in [1.807, 2.05) is 19.1 Å². The highest BCUT2D eigenvalue weighted by molar-refractivity contribution is 7.86. The van der Waals surface area contributed by atoms with E-state index in [2.05, 4.69) is 19.9 Å². The van der Waals surface area contributed by atoms with Gasteiger partial charge in [-0.1, -0.05) is 12.1 Å². The molecule has 0 radical (unpaired) electrons. The number of hydrogen-bond donors (Lipinski definition) is 1. The van der Waals surface area contributed by atoms with Crippen molar-refractivity contribution in [2.45, 2.75) is 18.0 Å². The van der Waals surface area contributed by atoms with Crippen molar-refractivity contribution < 1.29 is 17.4 Å². The molecule has 3 aromatic heterocycles. The summed E-state index contributed by atoms with van der Waals surface area (Å²) < 4.78 is 56.6. The molecule has 150 valence electrons. The summed E-state index contributed by atoms with van der Waals surface area (Å²) in [7, 11) is 0.167. The fraction of sp³-hybridized carbons (Fsp3) is 0.167. The van der Waals surface area contributed by atoms with Crippen LogP contribution in [0, 0.1) is 6.92 Å². The minimum absolute atomic E-state index is 0.186. The Hall–Kier alpha value is -3.21. The third kappa shape index (κ3) is 3.60. The number of nitrogens with one attached hydrogen (secondary N) is 1. The molecule has 4 aromatic rings. The van der Waals surface area contributed by atoms with Crippen molar-refractivity contribution in [3.63, 3.8) is 0 Å². The van der Waals surface area contributed by atoms with Gasteiger partial charge in [0.1, 0.15) is 0 Å². The van der Waals surface area contributed by atoms with Gasteiger partial charge in [0.15, 0.2) is 16.8 Å². The summed E-state index contributed by atoms with van der Waals surface area (Å²) in [6, 6.07) is 6.82. The molecule has 3 heterocycles. The van der Waals surface area contributed by atoms with Crippen molar-refractivity contribution in [2.24, 2.45) is 7.05 Å². The van der Waals surface area contributed by atoms with Crippen molar-refractivity contribution in [3.05, 3.63) is 60.2 Å². The first-order valence-corrected chi connectivity index (χ1v) is 9.57. The van der Waals surface area contributed by atoms with E-state index in [9.17, 15) is 17.4 Å². The van der Waals surface area contributed by atoms with E-state index >= 15 is 0 Å². The summed E-state index contributed by atoms with van der Waals surface area (Å²) in [4.78, 5) is 4.45. The van der Waals surface area contributed by atoms with Crippen molar-refractivity contribution in [1.29, 1.82) is 0 Å². The number of pyridine rings is 1. The standard InChI is InChI=1S/C18H15F3N6OS/c1-11-3-4-12-7-23-26(2)17(12)16(11)25-29(28)14-5-6-15(22-9-14)27-10-13(8-24-27)18(19,20)21/h3-10,25H,1-2H3. The van der Waals surface area contributed by atoms with Gasteiger partial charge >= 0.3 is 6.18 Å². The second-order valence-electron chi connectivity index (χ2n) is 6.36. The quantitative estimate of drug-likeness (QED) is 0.547. The minimum atomic E-state index is -4.48. The van der Waals surface area contributed by atoms with Gasteiger partial charge in [0.25, 0.3) is 0 Å². The largest absolute Gasteiger partial charge is 0.419 e. The molecule has 4 rings (SSSR count). The first-order valence-electron chi connectivity index (χ1n) is 8.42. The summed E-state index contributed by atoms with van der Waals surface area (Å²) in [5, 5.41) is 8.80. The van der Waals surface area contributed by atoms with Gasteiger partial charge in [0.2, 0.25) is 0 Å². The van der Waals surface area contributed by atoms with Crippen LogP contribution in [0.3, 0.4) is 0 Å². The van der Waals surface area contributed by atoms with Crippen LogP contribution in [0.5, 0.6) is 0 Å². The van der Waals surface area contributed by atoms with Crippen LogP contribution in [-0.2, 0) is 24.2 Å². The lowest BCUT2D eigenvalue weighted by Gasteiger charge is -2.11. The molecule has 0 fully saturated rings. The van der Waals surface area contributed by atoms with Crippen molar-refractivity contribution in [2.75, 3.05) is 4.72 Å². The summed E-state index contributed by atoms with van der Waals surface area (Å²) in [6.07, 6.45) is 0.162. The average molecular weight is 420 g/mol. The van der Waals surface area contributed by atoms with E-state index in [0.29, 0.717) is 10.6 Å². The number of fused-ring (bicyclic) bond motifs is 1. The summed E-state index contributed by atoms with van der Waals surface area (Å²) >= 11 is 0. The topological polar surface area (TPSA) is 77.6 Å². The number of aryl methyl sites for hydroxylation is 2. The third-order valence-corrected chi connectivity index (χ3v) is 5.44. The summed E-state index contributed by atoms with van der Waals surface area (Å²) in [5.74, 6) is 0.186. The Labute approximate surface area is 165 Å². The maximum absolute atomic E-state index is 12.8. The van der Waals surface area contributed by atoms with Crippen LogP contribution in [0.25, 0.3) is 16.7 Å². The zero-order valence-electron chi connectivity index (χ0n) is 15.3. The van der Waals surface area contributed by atoms with Gasteiger partial charge in [-0.15, -0.1) is 0 Å². The predicted molar refractivity (Wildman–Crippen MR) is 102 cm³/mol.